The quantitative estimate of drug-likeness (QED) is 0.833. The first-order valence-electron chi connectivity index (χ1n) is 5.40. The molecule has 5 nitrogen and oxygen atoms in total. The summed E-state index contributed by atoms with van der Waals surface area (Å²) in [6, 6.07) is 2.85. The lowest BCUT2D eigenvalue weighted by Crippen LogP contribution is -2.54. The first-order chi connectivity index (χ1) is 8.94. The van der Waals surface area contributed by atoms with E-state index in [1.165, 1.54) is 23.9 Å². The fourth-order valence-electron chi connectivity index (χ4n) is 1.75. The number of thioether (sulfide) groups is 1. The lowest BCUT2D eigenvalue weighted by atomic mass is 9.98. The molecule has 1 atom stereocenters. The van der Waals surface area contributed by atoms with Crippen molar-refractivity contribution in [1.29, 1.82) is 0 Å². The molecule has 1 aliphatic rings. The molecule has 2 N–H and O–H groups in total. The molecular weight excluding hydrogens is 311 g/mol. The molecule has 0 aromatic carbocycles. The van der Waals surface area contributed by atoms with Gasteiger partial charge in [0.2, 0.25) is 0 Å². The normalized spacial score (nSPS) is 22.2. The molecule has 0 spiro atoms. The van der Waals surface area contributed by atoms with Crippen LogP contribution in [0.4, 0.5) is 0 Å². The number of carbonyl (C=O) groups excluding carboxylic acids is 1. The Kier molecular flexibility index (Phi) is 4.23. The number of amides is 1. The molecule has 0 radical (unpaired) electrons. The average Bonchev–Trinajstić information content (AvgIpc) is 2.78. The SMILES string of the molecule is O=C(NC1(C(=O)O)CCSC1)c1ccc(Cl)nc1Cl. The number of halogens is 2. The van der Waals surface area contributed by atoms with Crippen molar-refractivity contribution in [2.24, 2.45) is 0 Å². The van der Waals surface area contributed by atoms with E-state index in [9.17, 15) is 14.7 Å². The van der Waals surface area contributed by atoms with Crippen LogP contribution in [0.5, 0.6) is 0 Å². The monoisotopic (exact) mass is 320 g/mol. The van der Waals surface area contributed by atoms with Gasteiger partial charge in [0.15, 0.2) is 0 Å². The largest absolute Gasteiger partial charge is 0.479 e. The number of hydrogen-bond acceptors (Lipinski definition) is 4. The fourth-order valence-corrected chi connectivity index (χ4v) is 3.51. The highest BCUT2D eigenvalue weighted by Crippen LogP contribution is 2.29. The highest BCUT2D eigenvalue weighted by Gasteiger charge is 2.43. The maximum Gasteiger partial charge on any atom is 0.330 e. The van der Waals surface area contributed by atoms with Crippen molar-refractivity contribution in [3.05, 3.63) is 28.0 Å². The third kappa shape index (κ3) is 2.96. The van der Waals surface area contributed by atoms with Gasteiger partial charge in [-0.05, 0) is 24.3 Å². The average molecular weight is 321 g/mol. The predicted octanol–water partition coefficient (Wildman–Crippen LogP) is 2.08. The number of nitrogens with one attached hydrogen (secondary N) is 1. The Labute approximate surface area is 123 Å². The summed E-state index contributed by atoms with van der Waals surface area (Å²) in [6.45, 7) is 0. The van der Waals surface area contributed by atoms with Crippen molar-refractivity contribution in [1.82, 2.24) is 10.3 Å². The van der Waals surface area contributed by atoms with E-state index in [4.69, 9.17) is 23.2 Å². The fraction of sp³-hybridized carbons (Fsp3) is 0.364. The van der Waals surface area contributed by atoms with Crippen molar-refractivity contribution in [3.63, 3.8) is 0 Å². The molecule has 0 saturated carbocycles. The standard InChI is InChI=1S/C11H10Cl2N2O3S/c12-7-2-1-6(8(13)14-7)9(16)15-11(10(17)18)3-4-19-5-11/h1-2H,3-5H2,(H,15,16)(H,17,18). The molecule has 102 valence electrons. The zero-order valence-electron chi connectivity index (χ0n) is 9.65. The minimum Gasteiger partial charge on any atom is -0.479 e. The highest BCUT2D eigenvalue weighted by atomic mass is 35.5. The number of rotatable bonds is 3. The van der Waals surface area contributed by atoms with Crippen LogP contribution in [0.2, 0.25) is 10.3 Å². The molecule has 1 aromatic rings. The maximum absolute atomic E-state index is 12.1. The van der Waals surface area contributed by atoms with E-state index >= 15 is 0 Å². The summed E-state index contributed by atoms with van der Waals surface area (Å²) in [5, 5.41) is 11.9. The number of aliphatic carboxylic acids is 1. The smallest absolute Gasteiger partial charge is 0.330 e. The van der Waals surface area contributed by atoms with Crippen molar-refractivity contribution < 1.29 is 14.7 Å². The summed E-state index contributed by atoms with van der Waals surface area (Å²) in [5.74, 6) is -0.561. The second kappa shape index (κ2) is 5.56. The van der Waals surface area contributed by atoms with Crippen LogP contribution in [0.25, 0.3) is 0 Å². The molecule has 1 aromatic heterocycles. The highest BCUT2D eigenvalue weighted by molar-refractivity contribution is 7.99. The molecule has 0 bridgehead atoms. The van der Waals surface area contributed by atoms with E-state index in [-0.39, 0.29) is 15.9 Å². The van der Waals surface area contributed by atoms with E-state index in [1.54, 1.807) is 0 Å². The summed E-state index contributed by atoms with van der Waals surface area (Å²) in [6.07, 6.45) is 0.386. The molecule has 1 fully saturated rings. The van der Waals surface area contributed by atoms with Crippen molar-refractivity contribution >= 4 is 46.8 Å². The number of nitrogens with zero attached hydrogens (tertiary/aromatic N) is 1. The van der Waals surface area contributed by atoms with Gasteiger partial charge < -0.3 is 10.4 Å². The summed E-state index contributed by atoms with van der Waals surface area (Å²) in [7, 11) is 0. The Balaban J connectivity index is 2.22. The third-order valence-electron chi connectivity index (χ3n) is 2.84. The van der Waals surface area contributed by atoms with Gasteiger partial charge in [-0.15, -0.1) is 0 Å². The van der Waals surface area contributed by atoms with Crippen LogP contribution >= 0.6 is 35.0 Å². The van der Waals surface area contributed by atoms with Gasteiger partial charge in [-0.25, -0.2) is 9.78 Å². The summed E-state index contributed by atoms with van der Waals surface area (Å²) < 4.78 is 0. The van der Waals surface area contributed by atoms with Crippen molar-refractivity contribution in [2.45, 2.75) is 12.0 Å². The molecule has 1 unspecified atom stereocenters. The molecule has 1 amide bonds. The van der Waals surface area contributed by atoms with Crippen LogP contribution < -0.4 is 5.32 Å². The number of carboxylic acid groups (broad SMARTS) is 1. The molecule has 8 heteroatoms. The van der Waals surface area contributed by atoms with Crippen LogP contribution in [0.15, 0.2) is 12.1 Å². The van der Waals surface area contributed by atoms with Gasteiger partial charge in [0.25, 0.3) is 5.91 Å². The van der Waals surface area contributed by atoms with Gasteiger partial charge in [-0.1, -0.05) is 23.2 Å². The first kappa shape index (κ1) is 14.4. The minimum atomic E-state index is -1.23. The number of pyridine rings is 1. The predicted molar refractivity (Wildman–Crippen MR) is 74.0 cm³/mol. The van der Waals surface area contributed by atoms with Gasteiger partial charge in [-0.2, -0.15) is 11.8 Å². The Morgan fingerprint density at radius 1 is 1.42 bits per heavy atom. The minimum absolute atomic E-state index is 0.0452. The van der Waals surface area contributed by atoms with Crippen LogP contribution in [0, 0.1) is 0 Å². The Morgan fingerprint density at radius 2 is 2.16 bits per heavy atom. The number of hydrogen-bond donors (Lipinski definition) is 2. The number of carboxylic acids is 1. The molecular formula is C11H10Cl2N2O3S. The van der Waals surface area contributed by atoms with E-state index in [2.05, 4.69) is 10.3 Å². The van der Waals surface area contributed by atoms with E-state index < -0.39 is 17.4 Å². The number of carbonyl (C=O) groups is 2. The summed E-state index contributed by atoms with van der Waals surface area (Å²) in [4.78, 5) is 27.2. The van der Waals surface area contributed by atoms with Crippen molar-refractivity contribution in [3.8, 4) is 0 Å². The third-order valence-corrected chi connectivity index (χ3v) is 4.53. The Morgan fingerprint density at radius 3 is 2.68 bits per heavy atom. The lowest BCUT2D eigenvalue weighted by Gasteiger charge is -2.24. The van der Waals surface area contributed by atoms with E-state index in [0.29, 0.717) is 17.9 Å². The Hall–Kier alpha value is -0.980. The van der Waals surface area contributed by atoms with Gasteiger partial charge in [-0.3, -0.25) is 4.79 Å². The molecule has 2 rings (SSSR count). The molecule has 19 heavy (non-hydrogen) atoms. The zero-order valence-corrected chi connectivity index (χ0v) is 12.0. The van der Waals surface area contributed by atoms with E-state index in [0.717, 1.165) is 0 Å². The van der Waals surface area contributed by atoms with Crippen molar-refractivity contribution in [2.75, 3.05) is 11.5 Å². The molecule has 1 aliphatic heterocycles. The molecule has 0 aliphatic carbocycles. The first-order valence-corrected chi connectivity index (χ1v) is 7.31. The second-order valence-corrected chi connectivity index (χ2v) is 5.97. The molecule has 2 heterocycles. The summed E-state index contributed by atoms with van der Waals surface area (Å²) in [5.41, 5.74) is -1.12. The van der Waals surface area contributed by atoms with E-state index in [1.807, 2.05) is 0 Å². The van der Waals surface area contributed by atoms with Crippen LogP contribution in [-0.4, -0.2) is 39.0 Å². The van der Waals surface area contributed by atoms with Gasteiger partial charge >= 0.3 is 5.97 Å². The number of aromatic nitrogens is 1. The van der Waals surface area contributed by atoms with Gasteiger partial charge in [0.1, 0.15) is 15.8 Å². The topological polar surface area (TPSA) is 79.3 Å². The van der Waals surface area contributed by atoms with Gasteiger partial charge in [0.05, 0.1) is 5.56 Å². The van der Waals surface area contributed by atoms with Crippen LogP contribution in [0.3, 0.4) is 0 Å². The Bertz CT molecular complexity index is 533. The van der Waals surface area contributed by atoms with Gasteiger partial charge in [0, 0.05) is 5.75 Å². The van der Waals surface area contributed by atoms with Crippen LogP contribution in [0.1, 0.15) is 16.8 Å². The summed E-state index contributed by atoms with van der Waals surface area (Å²) >= 11 is 13.0. The van der Waals surface area contributed by atoms with Crippen LogP contribution in [-0.2, 0) is 4.79 Å². The molecule has 1 saturated heterocycles. The lowest BCUT2D eigenvalue weighted by molar-refractivity contribution is -0.143. The maximum atomic E-state index is 12.1. The second-order valence-electron chi connectivity index (χ2n) is 4.12. The zero-order chi connectivity index (χ0) is 14.0.